The van der Waals surface area contributed by atoms with E-state index in [1.807, 2.05) is 35.7 Å². The normalized spacial score (nSPS) is 11.0. The summed E-state index contributed by atoms with van der Waals surface area (Å²) in [5.41, 5.74) is 7.83. The van der Waals surface area contributed by atoms with Crippen LogP contribution < -0.4 is 5.73 Å². The highest BCUT2D eigenvalue weighted by molar-refractivity contribution is 9.11. The minimum atomic E-state index is -0.0315. The van der Waals surface area contributed by atoms with Gasteiger partial charge in [0, 0.05) is 23.7 Å². The van der Waals surface area contributed by atoms with E-state index in [1.165, 1.54) is 11.3 Å². The van der Waals surface area contributed by atoms with Crippen molar-refractivity contribution in [1.82, 2.24) is 4.90 Å². The zero-order valence-electron chi connectivity index (χ0n) is 11.3. The van der Waals surface area contributed by atoms with Gasteiger partial charge >= 0.3 is 0 Å². The highest BCUT2D eigenvalue weighted by atomic mass is 79.9. The van der Waals surface area contributed by atoms with Crippen molar-refractivity contribution in [2.45, 2.75) is 6.54 Å². The number of carbonyl (C=O) groups excluding carboxylic acids is 1. The molecule has 2 N–H and O–H groups in total. The second kappa shape index (κ2) is 5.79. The minimum absolute atomic E-state index is 0.0315. The van der Waals surface area contributed by atoms with Crippen molar-refractivity contribution in [1.29, 1.82) is 0 Å². The lowest BCUT2D eigenvalue weighted by molar-refractivity contribution is 0.0791. The van der Waals surface area contributed by atoms with Crippen molar-refractivity contribution < 1.29 is 4.79 Å². The van der Waals surface area contributed by atoms with Crippen LogP contribution in [0, 0.1) is 0 Å². The third-order valence-electron chi connectivity index (χ3n) is 3.22. The van der Waals surface area contributed by atoms with E-state index in [9.17, 15) is 4.79 Å². The number of nitrogen functional groups attached to an aromatic ring is 1. The Morgan fingerprint density at radius 1 is 1.38 bits per heavy atom. The number of nitrogens with zero attached hydrogens (tertiary/aromatic N) is 1. The fraction of sp³-hybridized carbons (Fsp3) is 0.133. The van der Waals surface area contributed by atoms with Crippen LogP contribution in [0.2, 0.25) is 0 Å². The quantitative estimate of drug-likeness (QED) is 0.722. The average Bonchev–Trinajstić information content (AvgIpc) is 3.03. The molecule has 3 rings (SSSR count). The summed E-state index contributed by atoms with van der Waals surface area (Å²) in [6, 6.07) is 9.87. The van der Waals surface area contributed by atoms with Crippen LogP contribution in [0.25, 0.3) is 10.1 Å². The Bertz CT molecular complexity index is 809. The Morgan fingerprint density at radius 2 is 2.14 bits per heavy atom. The SMILES string of the molecule is CN(Cc1csc(Br)c1)C(=O)c1sc2ccccc2c1N. The average molecular weight is 381 g/mol. The van der Waals surface area contributed by atoms with Crippen LogP contribution in [0.15, 0.2) is 39.5 Å². The van der Waals surface area contributed by atoms with Gasteiger partial charge in [0.2, 0.25) is 0 Å². The fourth-order valence-corrected chi connectivity index (χ4v) is 4.49. The van der Waals surface area contributed by atoms with E-state index in [1.54, 1.807) is 23.3 Å². The molecule has 0 fully saturated rings. The highest BCUT2D eigenvalue weighted by Gasteiger charge is 2.19. The Balaban J connectivity index is 1.87. The fourth-order valence-electron chi connectivity index (χ4n) is 2.17. The van der Waals surface area contributed by atoms with Gasteiger partial charge in [-0.05, 0) is 39.0 Å². The maximum Gasteiger partial charge on any atom is 0.266 e. The molecule has 0 bridgehead atoms. The number of anilines is 1. The van der Waals surface area contributed by atoms with Gasteiger partial charge in [0.1, 0.15) is 4.88 Å². The van der Waals surface area contributed by atoms with Gasteiger partial charge in [-0.2, -0.15) is 0 Å². The lowest BCUT2D eigenvalue weighted by atomic mass is 10.2. The predicted octanol–water partition coefficient (Wildman–Crippen LogP) is 4.58. The number of benzene rings is 1. The van der Waals surface area contributed by atoms with Crippen LogP contribution in [-0.4, -0.2) is 17.9 Å². The molecule has 0 aliphatic carbocycles. The van der Waals surface area contributed by atoms with Gasteiger partial charge in [0.25, 0.3) is 5.91 Å². The highest BCUT2D eigenvalue weighted by Crippen LogP contribution is 2.34. The number of carbonyl (C=O) groups is 1. The van der Waals surface area contributed by atoms with Crippen molar-refractivity contribution >= 4 is 60.3 Å². The smallest absolute Gasteiger partial charge is 0.266 e. The molecule has 0 radical (unpaired) electrons. The zero-order chi connectivity index (χ0) is 15.0. The van der Waals surface area contributed by atoms with Gasteiger partial charge in [-0.25, -0.2) is 0 Å². The molecule has 2 heterocycles. The third-order valence-corrected chi connectivity index (χ3v) is 5.94. The summed E-state index contributed by atoms with van der Waals surface area (Å²) in [6.07, 6.45) is 0. The molecule has 108 valence electrons. The molecule has 0 aliphatic rings. The lowest BCUT2D eigenvalue weighted by Gasteiger charge is -2.15. The maximum absolute atomic E-state index is 12.6. The summed E-state index contributed by atoms with van der Waals surface area (Å²) in [5.74, 6) is -0.0315. The molecule has 0 saturated heterocycles. The van der Waals surface area contributed by atoms with Gasteiger partial charge in [0.05, 0.1) is 9.47 Å². The molecule has 0 spiro atoms. The Morgan fingerprint density at radius 3 is 2.81 bits per heavy atom. The molecule has 3 nitrogen and oxygen atoms in total. The number of amides is 1. The molecule has 0 atom stereocenters. The molecule has 1 amide bonds. The topological polar surface area (TPSA) is 46.3 Å². The molecule has 0 saturated carbocycles. The minimum Gasteiger partial charge on any atom is -0.397 e. The van der Waals surface area contributed by atoms with Gasteiger partial charge in [-0.3, -0.25) is 4.79 Å². The zero-order valence-corrected chi connectivity index (χ0v) is 14.5. The van der Waals surface area contributed by atoms with Crippen molar-refractivity contribution in [3.8, 4) is 0 Å². The largest absolute Gasteiger partial charge is 0.397 e. The van der Waals surface area contributed by atoms with E-state index < -0.39 is 0 Å². The number of fused-ring (bicyclic) bond motifs is 1. The van der Waals surface area contributed by atoms with Crippen LogP contribution in [0.5, 0.6) is 0 Å². The van der Waals surface area contributed by atoms with E-state index in [2.05, 4.69) is 15.9 Å². The summed E-state index contributed by atoms with van der Waals surface area (Å²) >= 11 is 6.51. The van der Waals surface area contributed by atoms with E-state index in [0.29, 0.717) is 17.1 Å². The molecular formula is C15H13BrN2OS2. The van der Waals surface area contributed by atoms with Crippen molar-refractivity contribution in [3.05, 3.63) is 49.9 Å². The second-order valence-electron chi connectivity index (χ2n) is 4.76. The number of nitrogens with two attached hydrogens (primary N) is 1. The second-order valence-corrected chi connectivity index (χ2v) is 8.10. The Kier molecular flexibility index (Phi) is 4.01. The van der Waals surface area contributed by atoms with Gasteiger partial charge < -0.3 is 10.6 Å². The van der Waals surface area contributed by atoms with Crippen LogP contribution in [0.3, 0.4) is 0 Å². The molecule has 1 aromatic carbocycles. The Hall–Kier alpha value is -1.37. The molecule has 6 heteroatoms. The van der Waals surface area contributed by atoms with E-state index in [0.717, 1.165) is 19.4 Å². The summed E-state index contributed by atoms with van der Waals surface area (Å²) in [6.45, 7) is 0.578. The Labute approximate surface area is 139 Å². The number of halogens is 1. The number of thiophene rings is 2. The van der Waals surface area contributed by atoms with E-state index >= 15 is 0 Å². The third kappa shape index (κ3) is 2.84. The number of hydrogen-bond donors (Lipinski definition) is 1. The van der Waals surface area contributed by atoms with Gasteiger partial charge in [-0.1, -0.05) is 18.2 Å². The molecule has 0 aliphatic heterocycles. The van der Waals surface area contributed by atoms with E-state index in [-0.39, 0.29) is 5.91 Å². The first kappa shape index (κ1) is 14.6. The lowest BCUT2D eigenvalue weighted by Crippen LogP contribution is -2.25. The first-order valence-corrected chi connectivity index (χ1v) is 8.80. The van der Waals surface area contributed by atoms with Crippen molar-refractivity contribution in [2.75, 3.05) is 12.8 Å². The summed E-state index contributed by atoms with van der Waals surface area (Å²) in [4.78, 5) is 14.9. The summed E-state index contributed by atoms with van der Waals surface area (Å²) in [7, 11) is 1.80. The van der Waals surface area contributed by atoms with Crippen molar-refractivity contribution in [3.63, 3.8) is 0 Å². The number of hydrogen-bond acceptors (Lipinski definition) is 4. The van der Waals surface area contributed by atoms with Crippen LogP contribution in [0.4, 0.5) is 5.69 Å². The molecule has 21 heavy (non-hydrogen) atoms. The number of rotatable bonds is 3. The van der Waals surface area contributed by atoms with E-state index in [4.69, 9.17) is 5.73 Å². The van der Waals surface area contributed by atoms with Gasteiger partial charge in [-0.15, -0.1) is 22.7 Å². The predicted molar refractivity (Wildman–Crippen MR) is 94.1 cm³/mol. The maximum atomic E-state index is 12.6. The molecular weight excluding hydrogens is 368 g/mol. The molecule has 2 aromatic heterocycles. The van der Waals surface area contributed by atoms with Crippen molar-refractivity contribution in [2.24, 2.45) is 0 Å². The first-order valence-electron chi connectivity index (χ1n) is 6.31. The molecule has 3 aromatic rings. The summed E-state index contributed by atoms with van der Waals surface area (Å²) in [5, 5.41) is 3.00. The van der Waals surface area contributed by atoms with Gasteiger partial charge in [0.15, 0.2) is 0 Å². The molecule has 0 unspecified atom stereocenters. The van der Waals surface area contributed by atoms with Crippen LogP contribution in [0.1, 0.15) is 15.2 Å². The van der Waals surface area contributed by atoms with Crippen LogP contribution in [-0.2, 0) is 6.54 Å². The first-order chi connectivity index (χ1) is 10.1. The standard InChI is InChI=1S/C15H13BrN2OS2/c1-18(7-9-6-12(16)20-8-9)15(19)14-13(17)10-4-2-3-5-11(10)21-14/h2-6,8H,7,17H2,1H3. The van der Waals surface area contributed by atoms with Crippen LogP contribution >= 0.6 is 38.6 Å². The summed E-state index contributed by atoms with van der Waals surface area (Å²) < 4.78 is 2.12. The monoisotopic (exact) mass is 380 g/mol.